The van der Waals surface area contributed by atoms with E-state index in [4.69, 9.17) is 14.2 Å². The lowest BCUT2D eigenvalue weighted by molar-refractivity contribution is -0.0385. The number of likely N-dealkylation sites (tertiary alicyclic amines) is 1. The molecule has 0 aliphatic carbocycles. The average Bonchev–Trinajstić information content (AvgIpc) is 3.14. The molecule has 5 heteroatoms. The molecule has 1 aliphatic heterocycles. The van der Waals surface area contributed by atoms with Crippen LogP contribution in [0.15, 0.2) is 66.7 Å². The summed E-state index contributed by atoms with van der Waals surface area (Å²) in [5, 5.41) is 0. The van der Waals surface area contributed by atoms with Crippen LogP contribution >= 0.6 is 0 Å². The lowest BCUT2D eigenvalue weighted by Gasteiger charge is -2.37. The molecule has 1 atom stereocenters. The van der Waals surface area contributed by atoms with Crippen LogP contribution in [0, 0.1) is 0 Å². The first kappa shape index (κ1) is 22.7. The molecule has 3 rings (SSSR count). The molecule has 166 valence electrons. The van der Waals surface area contributed by atoms with E-state index >= 15 is 0 Å². The zero-order chi connectivity index (χ0) is 22.3. The van der Waals surface area contributed by atoms with Crippen LogP contribution in [0.5, 0.6) is 11.5 Å². The van der Waals surface area contributed by atoms with Crippen molar-refractivity contribution in [1.29, 1.82) is 0 Å². The summed E-state index contributed by atoms with van der Waals surface area (Å²) in [6.07, 6.45) is 5.92. The van der Waals surface area contributed by atoms with Gasteiger partial charge in [0.15, 0.2) is 0 Å². The van der Waals surface area contributed by atoms with Crippen molar-refractivity contribution in [2.75, 3.05) is 13.2 Å². The minimum Gasteiger partial charge on any atom is -0.489 e. The second kappa shape index (κ2) is 9.90. The summed E-state index contributed by atoms with van der Waals surface area (Å²) in [6, 6.07) is 17.6. The zero-order valence-electron chi connectivity index (χ0n) is 19.0. The van der Waals surface area contributed by atoms with Crippen LogP contribution in [0.1, 0.15) is 46.1 Å². The second-order valence-electron chi connectivity index (χ2n) is 8.67. The normalized spacial score (nSPS) is 18.9. The number of benzene rings is 2. The van der Waals surface area contributed by atoms with Crippen LogP contribution < -0.4 is 9.47 Å². The first-order valence-electron chi connectivity index (χ1n) is 11.0. The molecule has 0 spiro atoms. The number of hydrogen-bond acceptors (Lipinski definition) is 4. The van der Waals surface area contributed by atoms with Crippen molar-refractivity contribution in [2.45, 2.75) is 58.3 Å². The third-order valence-corrected chi connectivity index (χ3v) is 5.09. The van der Waals surface area contributed by atoms with Gasteiger partial charge in [0.2, 0.25) is 5.72 Å². The van der Waals surface area contributed by atoms with Gasteiger partial charge in [-0.15, -0.1) is 0 Å². The van der Waals surface area contributed by atoms with Crippen LogP contribution in [0.4, 0.5) is 4.79 Å². The second-order valence-corrected chi connectivity index (χ2v) is 8.67. The predicted molar refractivity (Wildman–Crippen MR) is 122 cm³/mol. The van der Waals surface area contributed by atoms with Crippen LogP contribution in [0.3, 0.4) is 0 Å². The highest BCUT2D eigenvalue weighted by molar-refractivity contribution is 5.70. The maximum Gasteiger partial charge on any atom is 0.413 e. The quantitative estimate of drug-likeness (QED) is 0.513. The first-order valence-corrected chi connectivity index (χ1v) is 11.0. The van der Waals surface area contributed by atoms with E-state index in [0.29, 0.717) is 25.3 Å². The maximum absolute atomic E-state index is 13.0. The van der Waals surface area contributed by atoms with Gasteiger partial charge in [-0.3, -0.25) is 4.90 Å². The number of ether oxygens (including phenoxy) is 3. The summed E-state index contributed by atoms with van der Waals surface area (Å²) < 4.78 is 18.0. The lowest BCUT2D eigenvalue weighted by Crippen LogP contribution is -2.51. The number of para-hydroxylation sites is 2. The number of carbonyl (C=O) groups is 1. The number of amides is 1. The highest BCUT2D eigenvalue weighted by atomic mass is 16.6. The Hall–Kier alpha value is -2.95. The van der Waals surface area contributed by atoms with Crippen molar-refractivity contribution in [3.8, 4) is 11.5 Å². The molecule has 0 bridgehead atoms. The SMILES string of the molecule is CCc1ccccc1OC/C=C/[C@@]1(Oc2ccccc2)CCCN1C(=O)OC(C)(C)C. The van der Waals surface area contributed by atoms with Crippen LogP contribution in [-0.4, -0.2) is 35.5 Å². The van der Waals surface area contributed by atoms with Crippen molar-refractivity contribution in [1.82, 2.24) is 4.90 Å². The molecule has 1 heterocycles. The first-order chi connectivity index (χ1) is 14.8. The molecule has 1 saturated heterocycles. The molecule has 1 aliphatic rings. The van der Waals surface area contributed by atoms with Crippen molar-refractivity contribution in [3.05, 3.63) is 72.3 Å². The molecule has 0 radical (unpaired) electrons. The maximum atomic E-state index is 13.0. The minimum atomic E-state index is -0.905. The molecule has 1 amide bonds. The van der Waals surface area contributed by atoms with E-state index in [1.807, 2.05) is 81.5 Å². The molecule has 2 aromatic carbocycles. The van der Waals surface area contributed by atoms with E-state index in [-0.39, 0.29) is 6.09 Å². The number of nitrogens with zero attached hydrogens (tertiary/aromatic N) is 1. The van der Waals surface area contributed by atoms with Gasteiger partial charge in [-0.05, 0) is 69.5 Å². The van der Waals surface area contributed by atoms with Gasteiger partial charge >= 0.3 is 6.09 Å². The fourth-order valence-electron chi connectivity index (χ4n) is 3.69. The molecule has 0 N–H and O–H groups in total. The Bertz CT molecular complexity index is 888. The van der Waals surface area contributed by atoms with Crippen molar-refractivity contribution < 1.29 is 19.0 Å². The molecule has 0 unspecified atom stereocenters. The van der Waals surface area contributed by atoms with Gasteiger partial charge < -0.3 is 14.2 Å². The smallest absolute Gasteiger partial charge is 0.413 e. The molecule has 0 saturated carbocycles. The van der Waals surface area contributed by atoms with Crippen LogP contribution in [0.25, 0.3) is 0 Å². The third kappa shape index (κ3) is 6.03. The van der Waals surface area contributed by atoms with Crippen molar-refractivity contribution in [2.24, 2.45) is 0 Å². The summed E-state index contributed by atoms with van der Waals surface area (Å²) in [5.74, 6) is 1.59. The van der Waals surface area contributed by atoms with E-state index in [1.165, 1.54) is 5.56 Å². The van der Waals surface area contributed by atoms with Gasteiger partial charge in [0.25, 0.3) is 0 Å². The number of carbonyl (C=O) groups excluding carboxylic acids is 1. The third-order valence-electron chi connectivity index (χ3n) is 5.09. The minimum absolute atomic E-state index is 0.372. The summed E-state index contributed by atoms with van der Waals surface area (Å²) in [6.45, 7) is 8.68. The van der Waals surface area contributed by atoms with Gasteiger partial charge in [-0.25, -0.2) is 4.79 Å². The van der Waals surface area contributed by atoms with Gasteiger partial charge in [-0.1, -0.05) is 43.3 Å². The topological polar surface area (TPSA) is 48.0 Å². The van der Waals surface area contributed by atoms with E-state index in [2.05, 4.69) is 13.0 Å². The Morgan fingerprint density at radius 3 is 2.52 bits per heavy atom. The Balaban J connectivity index is 1.80. The van der Waals surface area contributed by atoms with Crippen LogP contribution in [-0.2, 0) is 11.2 Å². The molecule has 1 fully saturated rings. The molecular formula is C26H33NO4. The van der Waals surface area contributed by atoms with Gasteiger partial charge in [0.1, 0.15) is 23.7 Å². The van der Waals surface area contributed by atoms with Gasteiger partial charge in [0.05, 0.1) is 0 Å². The Morgan fingerprint density at radius 2 is 1.81 bits per heavy atom. The Kier molecular flexibility index (Phi) is 7.26. The van der Waals surface area contributed by atoms with E-state index in [1.54, 1.807) is 4.90 Å². The van der Waals surface area contributed by atoms with E-state index in [9.17, 15) is 4.79 Å². The summed E-state index contributed by atoms with van der Waals surface area (Å²) >= 11 is 0. The monoisotopic (exact) mass is 423 g/mol. The molecule has 31 heavy (non-hydrogen) atoms. The highest BCUT2D eigenvalue weighted by Crippen LogP contribution is 2.35. The fraction of sp³-hybridized carbons (Fsp3) is 0.423. The van der Waals surface area contributed by atoms with E-state index in [0.717, 1.165) is 18.6 Å². The van der Waals surface area contributed by atoms with E-state index < -0.39 is 11.3 Å². The lowest BCUT2D eigenvalue weighted by atomic mass is 10.1. The fourth-order valence-corrected chi connectivity index (χ4v) is 3.69. The Labute approximate surface area is 185 Å². The summed E-state index contributed by atoms with van der Waals surface area (Å²) in [4.78, 5) is 14.6. The van der Waals surface area contributed by atoms with Crippen molar-refractivity contribution in [3.63, 3.8) is 0 Å². The van der Waals surface area contributed by atoms with Gasteiger partial charge in [0, 0.05) is 13.0 Å². The highest BCUT2D eigenvalue weighted by Gasteiger charge is 2.45. The standard InChI is InChI=1S/C26H33NO4/c1-5-21-13-9-10-16-23(21)29-20-12-18-26(30-22-14-7-6-8-15-22)17-11-19-27(26)24(28)31-25(2,3)4/h6-10,12-16,18H,5,11,17,19-20H2,1-4H3/b18-12+/t26-/m0/s1. The summed E-state index contributed by atoms with van der Waals surface area (Å²) in [5.41, 5.74) is -0.311. The van der Waals surface area contributed by atoms with Crippen molar-refractivity contribution >= 4 is 6.09 Å². The summed E-state index contributed by atoms with van der Waals surface area (Å²) in [7, 11) is 0. The van der Waals surface area contributed by atoms with Gasteiger partial charge in [-0.2, -0.15) is 0 Å². The number of rotatable bonds is 7. The molecule has 0 aromatic heterocycles. The molecular weight excluding hydrogens is 390 g/mol. The average molecular weight is 424 g/mol. The molecule has 5 nitrogen and oxygen atoms in total. The largest absolute Gasteiger partial charge is 0.489 e. The number of aryl methyl sites for hydroxylation is 1. The Morgan fingerprint density at radius 1 is 1.10 bits per heavy atom. The zero-order valence-corrected chi connectivity index (χ0v) is 19.0. The van der Waals surface area contributed by atoms with Crippen LogP contribution in [0.2, 0.25) is 0 Å². The molecule has 2 aromatic rings. The number of hydrogen-bond donors (Lipinski definition) is 0. The predicted octanol–water partition coefficient (Wildman–Crippen LogP) is 5.99.